The van der Waals surface area contributed by atoms with Gasteiger partial charge in [0.2, 0.25) is 0 Å². The van der Waals surface area contributed by atoms with Crippen molar-refractivity contribution in [3.05, 3.63) is 33.8 Å². The van der Waals surface area contributed by atoms with E-state index < -0.39 is 0 Å². The van der Waals surface area contributed by atoms with Crippen molar-refractivity contribution in [2.24, 2.45) is 0 Å². The Labute approximate surface area is 87.9 Å². The fourth-order valence-corrected chi connectivity index (χ4v) is 1.62. The minimum Gasteiger partial charge on any atom is -0.198 e. The monoisotopic (exact) mass is 213 g/mol. The highest BCUT2D eigenvalue weighted by molar-refractivity contribution is 6.33. The number of nitrogens with zero attached hydrogens (tertiary/aromatic N) is 1. The van der Waals surface area contributed by atoms with E-state index in [0.717, 1.165) is 5.56 Å². The van der Waals surface area contributed by atoms with Gasteiger partial charge in [-0.2, -0.15) is 5.26 Å². The number of hydrogen-bond acceptors (Lipinski definition) is 1. The maximum absolute atomic E-state index is 8.53. The lowest BCUT2D eigenvalue weighted by atomic mass is 9.99. The number of hydrogen-bond donors (Lipinski definition) is 0. The van der Waals surface area contributed by atoms with Crippen molar-refractivity contribution >= 4 is 23.2 Å². The minimum atomic E-state index is 0.135. The predicted octanol–water partition coefficient (Wildman–Crippen LogP) is 4.01. The molecule has 0 amide bonds. The Balaban J connectivity index is 3.00. The summed E-state index contributed by atoms with van der Waals surface area (Å²) >= 11 is 11.8. The zero-order valence-corrected chi connectivity index (χ0v) is 8.73. The van der Waals surface area contributed by atoms with Crippen molar-refractivity contribution in [2.45, 2.75) is 19.3 Å². The van der Waals surface area contributed by atoms with Gasteiger partial charge in [-0.15, -0.1) is 0 Å². The Bertz CT molecular complexity index is 341. The molecule has 0 saturated carbocycles. The van der Waals surface area contributed by atoms with Gasteiger partial charge < -0.3 is 0 Å². The summed E-state index contributed by atoms with van der Waals surface area (Å²) in [6.07, 6.45) is 0.458. The molecular weight excluding hydrogens is 205 g/mol. The second-order valence-corrected chi connectivity index (χ2v) is 3.77. The van der Waals surface area contributed by atoms with Crippen LogP contribution >= 0.6 is 23.2 Å². The van der Waals surface area contributed by atoms with Gasteiger partial charge in [-0.3, -0.25) is 0 Å². The third-order valence-electron chi connectivity index (χ3n) is 1.89. The first-order valence-corrected chi connectivity index (χ1v) is 4.72. The van der Waals surface area contributed by atoms with Crippen molar-refractivity contribution in [3.63, 3.8) is 0 Å². The number of rotatable bonds is 2. The van der Waals surface area contributed by atoms with Crippen LogP contribution in [0.1, 0.15) is 24.8 Å². The van der Waals surface area contributed by atoms with Gasteiger partial charge in [0, 0.05) is 16.5 Å². The van der Waals surface area contributed by atoms with Crippen molar-refractivity contribution in [1.29, 1.82) is 5.26 Å². The molecule has 0 bridgehead atoms. The van der Waals surface area contributed by atoms with Crippen LogP contribution in [0.3, 0.4) is 0 Å². The summed E-state index contributed by atoms with van der Waals surface area (Å²) in [5, 5.41) is 9.86. The summed E-state index contributed by atoms with van der Waals surface area (Å²) in [7, 11) is 0. The van der Waals surface area contributed by atoms with Crippen LogP contribution in [-0.4, -0.2) is 0 Å². The van der Waals surface area contributed by atoms with E-state index in [-0.39, 0.29) is 5.92 Å². The van der Waals surface area contributed by atoms with Crippen molar-refractivity contribution < 1.29 is 0 Å². The van der Waals surface area contributed by atoms with Crippen LogP contribution in [0.5, 0.6) is 0 Å². The van der Waals surface area contributed by atoms with E-state index in [0.29, 0.717) is 16.5 Å². The lowest BCUT2D eigenvalue weighted by Crippen LogP contribution is -1.92. The Morgan fingerprint density at radius 3 is 2.77 bits per heavy atom. The van der Waals surface area contributed by atoms with E-state index in [1.807, 2.05) is 13.0 Å². The molecule has 68 valence electrons. The molecule has 0 aromatic heterocycles. The third-order valence-corrected chi connectivity index (χ3v) is 2.47. The minimum absolute atomic E-state index is 0.135. The quantitative estimate of drug-likeness (QED) is 0.729. The summed E-state index contributed by atoms with van der Waals surface area (Å²) in [6, 6.07) is 7.42. The summed E-state index contributed by atoms with van der Waals surface area (Å²) in [5.74, 6) is 0.135. The Morgan fingerprint density at radius 1 is 1.46 bits per heavy atom. The molecule has 0 radical (unpaired) electrons. The molecule has 13 heavy (non-hydrogen) atoms. The standard InChI is InChI=1S/C10H9Cl2N/c1-7(4-5-13)9-6-8(11)2-3-10(9)12/h2-3,6-7H,4H2,1H3. The first-order valence-electron chi connectivity index (χ1n) is 3.97. The summed E-state index contributed by atoms with van der Waals surface area (Å²) in [6.45, 7) is 1.96. The molecule has 0 heterocycles. The SMILES string of the molecule is CC(CC#N)c1cc(Cl)ccc1Cl. The molecule has 1 rings (SSSR count). The molecule has 1 nitrogen and oxygen atoms in total. The van der Waals surface area contributed by atoms with E-state index in [9.17, 15) is 0 Å². The van der Waals surface area contributed by atoms with Crippen molar-refractivity contribution in [2.75, 3.05) is 0 Å². The van der Waals surface area contributed by atoms with Gasteiger partial charge >= 0.3 is 0 Å². The molecular formula is C10H9Cl2N. The van der Waals surface area contributed by atoms with Gasteiger partial charge in [0.25, 0.3) is 0 Å². The molecule has 0 saturated heterocycles. The van der Waals surface area contributed by atoms with Gasteiger partial charge in [0.15, 0.2) is 0 Å². The normalized spacial score (nSPS) is 12.2. The lowest BCUT2D eigenvalue weighted by molar-refractivity contribution is 0.789. The van der Waals surface area contributed by atoms with Crippen LogP contribution < -0.4 is 0 Å². The average molecular weight is 214 g/mol. The summed E-state index contributed by atoms with van der Waals surface area (Å²) in [5.41, 5.74) is 0.940. The molecule has 1 atom stereocenters. The predicted molar refractivity (Wildman–Crippen MR) is 55.1 cm³/mol. The Kier molecular flexibility index (Phi) is 3.59. The summed E-state index contributed by atoms with van der Waals surface area (Å²) in [4.78, 5) is 0. The lowest BCUT2D eigenvalue weighted by Gasteiger charge is -2.09. The van der Waals surface area contributed by atoms with Gasteiger partial charge in [0.05, 0.1) is 6.07 Å². The van der Waals surface area contributed by atoms with Gasteiger partial charge in [-0.05, 0) is 29.7 Å². The van der Waals surface area contributed by atoms with E-state index in [4.69, 9.17) is 28.5 Å². The maximum atomic E-state index is 8.53. The van der Waals surface area contributed by atoms with Crippen LogP contribution in [0.4, 0.5) is 0 Å². The first kappa shape index (κ1) is 10.4. The van der Waals surface area contributed by atoms with Crippen LogP contribution in [-0.2, 0) is 0 Å². The van der Waals surface area contributed by atoms with E-state index in [2.05, 4.69) is 6.07 Å². The largest absolute Gasteiger partial charge is 0.198 e. The molecule has 3 heteroatoms. The summed E-state index contributed by atoms with van der Waals surface area (Å²) < 4.78 is 0. The topological polar surface area (TPSA) is 23.8 Å². The molecule has 0 aliphatic rings. The van der Waals surface area contributed by atoms with Gasteiger partial charge in [0.1, 0.15) is 0 Å². The highest BCUT2D eigenvalue weighted by Crippen LogP contribution is 2.28. The number of halogens is 2. The van der Waals surface area contributed by atoms with Gasteiger partial charge in [-0.1, -0.05) is 30.1 Å². The van der Waals surface area contributed by atoms with E-state index in [1.165, 1.54) is 0 Å². The highest BCUT2D eigenvalue weighted by atomic mass is 35.5. The molecule has 0 N–H and O–H groups in total. The van der Waals surface area contributed by atoms with E-state index in [1.54, 1.807) is 12.1 Å². The zero-order valence-electron chi connectivity index (χ0n) is 7.22. The van der Waals surface area contributed by atoms with Gasteiger partial charge in [-0.25, -0.2) is 0 Å². The molecule has 0 aliphatic heterocycles. The fourth-order valence-electron chi connectivity index (χ4n) is 1.14. The van der Waals surface area contributed by atoms with Crippen LogP contribution in [0.25, 0.3) is 0 Å². The molecule has 0 aliphatic carbocycles. The average Bonchev–Trinajstić information content (AvgIpc) is 2.09. The van der Waals surface area contributed by atoms with Crippen LogP contribution in [0.2, 0.25) is 10.0 Å². The molecule has 1 aromatic rings. The van der Waals surface area contributed by atoms with Crippen molar-refractivity contribution in [1.82, 2.24) is 0 Å². The van der Waals surface area contributed by atoms with Crippen LogP contribution in [0, 0.1) is 11.3 Å². The highest BCUT2D eigenvalue weighted by Gasteiger charge is 2.09. The van der Waals surface area contributed by atoms with E-state index >= 15 is 0 Å². The van der Waals surface area contributed by atoms with Crippen molar-refractivity contribution in [3.8, 4) is 6.07 Å². The first-order chi connectivity index (χ1) is 6.15. The second kappa shape index (κ2) is 4.50. The Hall–Kier alpha value is -0.710. The smallest absolute Gasteiger partial charge is 0.0628 e. The second-order valence-electron chi connectivity index (χ2n) is 2.93. The fraction of sp³-hybridized carbons (Fsp3) is 0.300. The molecule has 0 fully saturated rings. The maximum Gasteiger partial charge on any atom is 0.0628 e. The zero-order chi connectivity index (χ0) is 9.84. The molecule has 1 aromatic carbocycles. The number of benzene rings is 1. The van der Waals surface area contributed by atoms with Crippen LogP contribution in [0.15, 0.2) is 18.2 Å². The third kappa shape index (κ3) is 2.62. The Morgan fingerprint density at radius 2 is 2.15 bits per heavy atom. The molecule has 0 spiro atoms. The number of nitriles is 1. The molecule has 1 unspecified atom stereocenters.